The Balaban J connectivity index is 1.65. The molecule has 3 heterocycles. The van der Waals surface area contributed by atoms with Crippen molar-refractivity contribution in [3.05, 3.63) is 23.7 Å². The van der Waals surface area contributed by atoms with Gasteiger partial charge >= 0.3 is 6.09 Å². The standard InChI is InChI=1S/C18H23N7O2S/c1-11-7-15(28-24-11)23-16-13(8-19)20-9-14(22-16)21-12-5-6-25(10-12)17(26)27-18(2,3)4/h7,9,12H,5-6,10H2,1-4H3,(H2,21,22,23)/t12-/m0/s1. The highest BCUT2D eigenvalue weighted by molar-refractivity contribution is 7.10. The lowest BCUT2D eigenvalue weighted by Gasteiger charge is -2.24. The molecule has 10 heteroatoms. The van der Waals surface area contributed by atoms with Gasteiger partial charge in [0.15, 0.2) is 11.5 Å². The van der Waals surface area contributed by atoms with E-state index >= 15 is 0 Å². The van der Waals surface area contributed by atoms with E-state index in [9.17, 15) is 10.1 Å². The Morgan fingerprint density at radius 1 is 1.46 bits per heavy atom. The summed E-state index contributed by atoms with van der Waals surface area (Å²) >= 11 is 1.29. The molecule has 2 aromatic rings. The van der Waals surface area contributed by atoms with E-state index in [0.717, 1.165) is 17.1 Å². The third-order valence-electron chi connectivity index (χ3n) is 3.94. The normalized spacial score (nSPS) is 16.5. The molecule has 0 bridgehead atoms. The molecular weight excluding hydrogens is 378 g/mol. The maximum Gasteiger partial charge on any atom is 0.410 e. The van der Waals surface area contributed by atoms with Gasteiger partial charge < -0.3 is 20.3 Å². The highest BCUT2D eigenvalue weighted by Crippen LogP contribution is 2.24. The molecule has 1 amide bonds. The average molecular weight is 401 g/mol. The number of nitriles is 1. The summed E-state index contributed by atoms with van der Waals surface area (Å²) in [5, 5.41) is 16.5. The topological polar surface area (TPSA) is 116 Å². The lowest BCUT2D eigenvalue weighted by atomic mass is 10.2. The van der Waals surface area contributed by atoms with E-state index in [1.54, 1.807) is 4.90 Å². The molecular formula is C18H23N7O2S. The van der Waals surface area contributed by atoms with Gasteiger partial charge in [-0.1, -0.05) is 0 Å². The van der Waals surface area contributed by atoms with Crippen molar-refractivity contribution in [3.8, 4) is 6.07 Å². The van der Waals surface area contributed by atoms with E-state index in [4.69, 9.17) is 4.74 Å². The zero-order valence-electron chi connectivity index (χ0n) is 16.3. The molecule has 1 aliphatic heterocycles. The summed E-state index contributed by atoms with van der Waals surface area (Å²) in [5.41, 5.74) is 0.580. The third-order valence-corrected chi connectivity index (χ3v) is 4.74. The number of anilines is 3. The first-order valence-electron chi connectivity index (χ1n) is 8.95. The van der Waals surface area contributed by atoms with Crippen LogP contribution in [0.15, 0.2) is 12.3 Å². The Morgan fingerprint density at radius 3 is 2.89 bits per heavy atom. The van der Waals surface area contributed by atoms with Crippen LogP contribution in [0, 0.1) is 18.3 Å². The van der Waals surface area contributed by atoms with Crippen molar-refractivity contribution in [3.63, 3.8) is 0 Å². The van der Waals surface area contributed by atoms with Crippen molar-refractivity contribution in [2.45, 2.75) is 45.8 Å². The number of aryl methyl sites for hydroxylation is 1. The zero-order chi connectivity index (χ0) is 20.3. The lowest BCUT2D eigenvalue weighted by Crippen LogP contribution is -2.36. The first-order valence-corrected chi connectivity index (χ1v) is 9.73. The van der Waals surface area contributed by atoms with Crippen LogP contribution in [-0.4, -0.2) is 50.1 Å². The lowest BCUT2D eigenvalue weighted by molar-refractivity contribution is 0.0293. The van der Waals surface area contributed by atoms with Crippen molar-refractivity contribution in [1.29, 1.82) is 5.26 Å². The average Bonchev–Trinajstić information content (AvgIpc) is 3.23. The fraction of sp³-hybridized carbons (Fsp3) is 0.500. The first-order chi connectivity index (χ1) is 13.2. The van der Waals surface area contributed by atoms with Crippen molar-refractivity contribution in [2.24, 2.45) is 0 Å². The summed E-state index contributed by atoms with van der Waals surface area (Å²) in [4.78, 5) is 22.5. The third kappa shape index (κ3) is 5.07. The van der Waals surface area contributed by atoms with Gasteiger partial charge in [-0.25, -0.2) is 14.8 Å². The molecule has 3 rings (SSSR count). The molecule has 1 saturated heterocycles. The fourth-order valence-corrected chi connectivity index (χ4v) is 3.41. The molecule has 2 aromatic heterocycles. The Kier molecular flexibility index (Phi) is 5.65. The number of amides is 1. The number of carbonyl (C=O) groups excluding carboxylic acids is 1. The van der Waals surface area contributed by atoms with Gasteiger partial charge in [-0.05, 0) is 51.7 Å². The summed E-state index contributed by atoms with van der Waals surface area (Å²) in [6, 6.07) is 3.95. The highest BCUT2D eigenvalue weighted by atomic mass is 32.1. The molecule has 1 atom stereocenters. The Morgan fingerprint density at radius 2 is 2.25 bits per heavy atom. The molecule has 148 valence electrons. The molecule has 0 aliphatic carbocycles. The van der Waals surface area contributed by atoms with E-state index in [1.807, 2.05) is 39.8 Å². The molecule has 9 nitrogen and oxygen atoms in total. The second kappa shape index (κ2) is 7.98. The SMILES string of the molecule is Cc1cc(Nc2nc(N[C@H]3CCN(C(=O)OC(C)(C)C)C3)cnc2C#N)sn1. The maximum absolute atomic E-state index is 12.2. The van der Waals surface area contributed by atoms with E-state index in [0.29, 0.717) is 24.7 Å². The predicted molar refractivity (Wildman–Crippen MR) is 107 cm³/mol. The van der Waals surface area contributed by atoms with Crippen molar-refractivity contribution in [1.82, 2.24) is 19.2 Å². The molecule has 0 spiro atoms. The van der Waals surface area contributed by atoms with Gasteiger partial charge in [0.2, 0.25) is 0 Å². The second-order valence-electron chi connectivity index (χ2n) is 7.58. The van der Waals surface area contributed by atoms with E-state index in [1.165, 1.54) is 17.7 Å². The maximum atomic E-state index is 12.2. The van der Waals surface area contributed by atoms with Crippen molar-refractivity contribution < 1.29 is 9.53 Å². The smallest absolute Gasteiger partial charge is 0.410 e. The number of hydrogen-bond acceptors (Lipinski definition) is 9. The molecule has 0 saturated carbocycles. The molecule has 0 unspecified atom stereocenters. The number of ether oxygens (including phenoxy) is 1. The van der Waals surface area contributed by atoms with Crippen LogP contribution in [0.25, 0.3) is 0 Å². The number of nitrogens with zero attached hydrogens (tertiary/aromatic N) is 5. The van der Waals surface area contributed by atoms with Crippen LogP contribution in [-0.2, 0) is 4.74 Å². The largest absolute Gasteiger partial charge is 0.444 e. The van der Waals surface area contributed by atoms with Gasteiger partial charge in [-0.3, -0.25) is 0 Å². The highest BCUT2D eigenvalue weighted by Gasteiger charge is 2.30. The van der Waals surface area contributed by atoms with Crippen LogP contribution in [0.2, 0.25) is 0 Å². The van der Waals surface area contributed by atoms with Gasteiger partial charge in [-0.15, -0.1) is 0 Å². The monoisotopic (exact) mass is 401 g/mol. The Bertz CT molecular complexity index is 900. The van der Waals surface area contributed by atoms with Gasteiger partial charge in [0, 0.05) is 19.1 Å². The predicted octanol–water partition coefficient (Wildman–Crippen LogP) is 3.28. The van der Waals surface area contributed by atoms with Crippen LogP contribution in [0.4, 0.5) is 21.4 Å². The first kappa shape index (κ1) is 19.8. The Hall–Kier alpha value is -2.93. The Labute approximate surface area is 167 Å². The van der Waals surface area contributed by atoms with Gasteiger partial charge in [-0.2, -0.15) is 9.64 Å². The summed E-state index contributed by atoms with van der Waals surface area (Å²) in [5.74, 6) is 0.914. The fourth-order valence-electron chi connectivity index (χ4n) is 2.75. The minimum atomic E-state index is -0.517. The minimum absolute atomic E-state index is 0.0354. The number of nitrogens with one attached hydrogen (secondary N) is 2. The van der Waals surface area contributed by atoms with Gasteiger partial charge in [0.05, 0.1) is 11.9 Å². The van der Waals surface area contributed by atoms with E-state index in [2.05, 4.69) is 25.0 Å². The molecule has 1 aliphatic rings. The molecule has 28 heavy (non-hydrogen) atoms. The summed E-state index contributed by atoms with van der Waals surface area (Å²) < 4.78 is 9.63. The number of aromatic nitrogens is 3. The summed E-state index contributed by atoms with van der Waals surface area (Å²) in [6.45, 7) is 8.58. The quantitative estimate of drug-likeness (QED) is 0.802. The van der Waals surface area contributed by atoms with E-state index < -0.39 is 5.60 Å². The number of rotatable bonds is 4. The van der Waals surface area contributed by atoms with Crippen LogP contribution in [0.3, 0.4) is 0 Å². The molecule has 2 N–H and O–H groups in total. The molecule has 1 fully saturated rings. The second-order valence-corrected chi connectivity index (χ2v) is 8.38. The van der Waals surface area contributed by atoms with Crippen LogP contribution in [0.5, 0.6) is 0 Å². The zero-order valence-corrected chi connectivity index (χ0v) is 17.1. The van der Waals surface area contributed by atoms with Crippen LogP contribution < -0.4 is 10.6 Å². The molecule has 0 aromatic carbocycles. The van der Waals surface area contributed by atoms with Gasteiger partial charge in [0.25, 0.3) is 0 Å². The number of carbonyl (C=O) groups is 1. The van der Waals surface area contributed by atoms with Crippen LogP contribution in [0.1, 0.15) is 38.6 Å². The number of likely N-dealkylation sites (tertiary alicyclic amines) is 1. The summed E-state index contributed by atoms with van der Waals surface area (Å²) in [6.07, 6.45) is 1.99. The van der Waals surface area contributed by atoms with Gasteiger partial charge in [0.1, 0.15) is 22.5 Å². The van der Waals surface area contributed by atoms with E-state index in [-0.39, 0.29) is 17.8 Å². The molecule has 0 radical (unpaired) electrons. The van der Waals surface area contributed by atoms with Crippen molar-refractivity contribution in [2.75, 3.05) is 23.7 Å². The van der Waals surface area contributed by atoms with Crippen LogP contribution >= 0.6 is 11.5 Å². The minimum Gasteiger partial charge on any atom is -0.444 e. The van der Waals surface area contributed by atoms with Crippen molar-refractivity contribution >= 4 is 34.3 Å². The number of hydrogen-bond donors (Lipinski definition) is 2. The summed E-state index contributed by atoms with van der Waals surface area (Å²) in [7, 11) is 0.